The largest absolute Gasteiger partial charge is 0.497 e. The molecule has 0 saturated heterocycles. The van der Waals surface area contributed by atoms with Crippen molar-refractivity contribution < 1.29 is 24.3 Å². The van der Waals surface area contributed by atoms with Crippen LogP contribution in [0.25, 0.3) is 0 Å². The molecule has 0 aliphatic carbocycles. The highest BCUT2D eigenvalue weighted by Crippen LogP contribution is 2.17. The van der Waals surface area contributed by atoms with Crippen LogP contribution in [0.15, 0.2) is 48.5 Å². The molecule has 2 aromatic rings. The zero-order chi connectivity index (χ0) is 15.1. The Labute approximate surface area is 123 Å². The lowest BCUT2D eigenvalue weighted by atomic mass is 9.80. The maximum Gasteiger partial charge on any atom is 0.488 e. The normalized spacial score (nSPS) is 10.0. The average Bonchev–Trinajstić information content (AvgIpc) is 2.52. The topological polar surface area (TPSA) is 68.2 Å². The Bertz CT molecular complexity index is 539. The van der Waals surface area contributed by atoms with Crippen molar-refractivity contribution in [1.29, 1.82) is 0 Å². The summed E-state index contributed by atoms with van der Waals surface area (Å²) in [7, 11) is 0.155. The van der Waals surface area contributed by atoms with Crippen molar-refractivity contribution in [2.45, 2.75) is 0 Å². The van der Waals surface area contributed by atoms with Gasteiger partial charge in [-0.05, 0) is 41.9 Å². The number of rotatable bonds is 7. The van der Waals surface area contributed by atoms with Gasteiger partial charge in [-0.25, -0.2) is 0 Å². The minimum Gasteiger partial charge on any atom is -0.497 e. The maximum atomic E-state index is 8.98. The van der Waals surface area contributed by atoms with Gasteiger partial charge >= 0.3 is 7.12 Å². The molecule has 0 fully saturated rings. The molecule has 0 unspecified atom stereocenters. The molecule has 0 aliphatic heterocycles. The molecule has 0 aromatic heterocycles. The van der Waals surface area contributed by atoms with E-state index in [-0.39, 0.29) is 0 Å². The van der Waals surface area contributed by atoms with E-state index in [0.29, 0.717) is 24.4 Å². The maximum absolute atomic E-state index is 8.98. The second kappa shape index (κ2) is 7.57. The molecule has 2 aromatic carbocycles. The Morgan fingerprint density at radius 1 is 0.762 bits per heavy atom. The van der Waals surface area contributed by atoms with Gasteiger partial charge in [-0.2, -0.15) is 0 Å². The summed E-state index contributed by atoms with van der Waals surface area (Å²) in [4.78, 5) is 0. The second-order valence-electron chi connectivity index (χ2n) is 4.32. The van der Waals surface area contributed by atoms with Crippen LogP contribution in [-0.4, -0.2) is 37.5 Å². The van der Waals surface area contributed by atoms with Crippen LogP contribution in [0.3, 0.4) is 0 Å². The minimum absolute atomic E-state index is 0.396. The highest BCUT2D eigenvalue weighted by Gasteiger charge is 2.09. The summed E-state index contributed by atoms with van der Waals surface area (Å²) in [6, 6.07) is 13.9. The summed E-state index contributed by atoms with van der Waals surface area (Å²) in [5, 5.41) is 18.0. The van der Waals surface area contributed by atoms with Gasteiger partial charge in [0.25, 0.3) is 0 Å². The van der Waals surface area contributed by atoms with Gasteiger partial charge in [0.1, 0.15) is 30.5 Å². The quantitative estimate of drug-likeness (QED) is 0.583. The minimum atomic E-state index is -1.46. The number of benzene rings is 2. The zero-order valence-electron chi connectivity index (χ0n) is 11.7. The van der Waals surface area contributed by atoms with E-state index in [9.17, 15) is 0 Å². The van der Waals surface area contributed by atoms with Crippen LogP contribution in [-0.2, 0) is 0 Å². The van der Waals surface area contributed by atoms with E-state index in [1.807, 2.05) is 24.3 Å². The summed E-state index contributed by atoms with van der Waals surface area (Å²) in [6.45, 7) is 0.809. The van der Waals surface area contributed by atoms with Crippen LogP contribution in [0.5, 0.6) is 17.2 Å². The lowest BCUT2D eigenvalue weighted by Gasteiger charge is -2.09. The summed E-state index contributed by atoms with van der Waals surface area (Å²) < 4.78 is 16.1. The summed E-state index contributed by atoms with van der Waals surface area (Å²) in [6.07, 6.45) is 0. The van der Waals surface area contributed by atoms with Crippen molar-refractivity contribution in [2.75, 3.05) is 20.3 Å². The molecule has 2 N–H and O–H groups in total. The first-order valence-corrected chi connectivity index (χ1v) is 6.55. The third-order valence-electron chi connectivity index (χ3n) is 2.86. The lowest BCUT2D eigenvalue weighted by Crippen LogP contribution is -2.29. The third-order valence-corrected chi connectivity index (χ3v) is 2.86. The predicted octanol–water partition coefficient (Wildman–Crippen LogP) is 0.833. The van der Waals surface area contributed by atoms with E-state index < -0.39 is 7.12 Å². The first kappa shape index (κ1) is 15.2. The van der Waals surface area contributed by atoms with Gasteiger partial charge in [-0.3, -0.25) is 0 Å². The average molecular weight is 288 g/mol. The van der Waals surface area contributed by atoms with Crippen LogP contribution in [0.4, 0.5) is 0 Å². The van der Waals surface area contributed by atoms with Gasteiger partial charge in [0.15, 0.2) is 0 Å². The SMILES string of the molecule is COc1ccc(OCCOc2ccc(B(O)O)cc2)cc1. The molecule has 0 bridgehead atoms. The summed E-state index contributed by atoms with van der Waals surface area (Å²) in [5.74, 6) is 2.18. The van der Waals surface area contributed by atoms with Gasteiger partial charge in [0.2, 0.25) is 0 Å². The van der Waals surface area contributed by atoms with Crippen LogP contribution < -0.4 is 19.7 Å². The molecule has 21 heavy (non-hydrogen) atoms. The summed E-state index contributed by atoms with van der Waals surface area (Å²) in [5.41, 5.74) is 0.428. The highest BCUT2D eigenvalue weighted by molar-refractivity contribution is 6.58. The fraction of sp³-hybridized carbons (Fsp3) is 0.200. The third kappa shape index (κ3) is 4.70. The molecule has 0 radical (unpaired) electrons. The van der Waals surface area contributed by atoms with Crippen LogP contribution in [0.2, 0.25) is 0 Å². The van der Waals surface area contributed by atoms with E-state index in [0.717, 1.165) is 11.5 Å². The first-order valence-electron chi connectivity index (χ1n) is 6.55. The van der Waals surface area contributed by atoms with Crippen molar-refractivity contribution in [3.63, 3.8) is 0 Å². The second-order valence-corrected chi connectivity index (χ2v) is 4.32. The van der Waals surface area contributed by atoms with Crippen LogP contribution in [0.1, 0.15) is 0 Å². The standard InChI is InChI=1S/C15H17BO5/c1-19-13-6-8-15(9-7-13)21-11-10-20-14-4-2-12(3-5-14)16(17)18/h2-9,17-18H,10-11H2,1H3. The van der Waals surface area contributed by atoms with Gasteiger partial charge < -0.3 is 24.3 Å². The van der Waals surface area contributed by atoms with Crippen LogP contribution in [0, 0.1) is 0 Å². The van der Waals surface area contributed by atoms with Gasteiger partial charge in [0.05, 0.1) is 7.11 Å². The fourth-order valence-corrected chi connectivity index (χ4v) is 1.73. The molecular formula is C15H17BO5. The predicted molar refractivity (Wildman–Crippen MR) is 80.3 cm³/mol. The number of hydrogen-bond donors (Lipinski definition) is 2. The van der Waals surface area contributed by atoms with E-state index in [2.05, 4.69) is 0 Å². The van der Waals surface area contributed by atoms with E-state index in [1.54, 1.807) is 31.4 Å². The number of hydrogen-bond acceptors (Lipinski definition) is 5. The molecule has 0 saturated carbocycles. The molecule has 0 atom stereocenters. The molecule has 110 valence electrons. The monoisotopic (exact) mass is 288 g/mol. The molecule has 0 heterocycles. The smallest absolute Gasteiger partial charge is 0.488 e. The number of methoxy groups -OCH3 is 1. The first-order chi connectivity index (χ1) is 10.2. The van der Waals surface area contributed by atoms with Crippen molar-refractivity contribution in [3.05, 3.63) is 48.5 Å². The Hall–Kier alpha value is -2.18. The molecular weight excluding hydrogens is 271 g/mol. The van der Waals surface area contributed by atoms with Crippen molar-refractivity contribution >= 4 is 12.6 Å². The zero-order valence-corrected chi connectivity index (χ0v) is 11.7. The van der Waals surface area contributed by atoms with Gasteiger partial charge in [-0.1, -0.05) is 12.1 Å². The van der Waals surface area contributed by atoms with Crippen LogP contribution >= 0.6 is 0 Å². The van der Waals surface area contributed by atoms with Gasteiger partial charge in [0, 0.05) is 0 Å². The molecule has 2 rings (SSSR count). The Balaban J connectivity index is 1.73. The van der Waals surface area contributed by atoms with Crippen molar-refractivity contribution in [3.8, 4) is 17.2 Å². The Morgan fingerprint density at radius 3 is 1.62 bits per heavy atom. The van der Waals surface area contributed by atoms with E-state index in [1.165, 1.54) is 0 Å². The molecule has 5 nitrogen and oxygen atoms in total. The van der Waals surface area contributed by atoms with E-state index in [4.69, 9.17) is 24.3 Å². The van der Waals surface area contributed by atoms with Crippen molar-refractivity contribution in [2.24, 2.45) is 0 Å². The highest BCUT2D eigenvalue weighted by atomic mass is 16.5. The Morgan fingerprint density at radius 2 is 1.19 bits per heavy atom. The molecule has 0 spiro atoms. The molecule has 0 amide bonds. The summed E-state index contributed by atoms with van der Waals surface area (Å²) >= 11 is 0. The Kier molecular flexibility index (Phi) is 5.48. The van der Waals surface area contributed by atoms with Crippen molar-refractivity contribution in [1.82, 2.24) is 0 Å². The molecule has 6 heteroatoms. The molecule has 0 aliphatic rings. The lowest BCUT2D eigenvalue weighted by molar-refractivity contribution is 0.217. The fourth-order valence-electron chi connectivity index (χ4n) is 1.73. The number of ether oxygens (including phenoxy) is 3. The van der Waals surface area contributed by atoms with Gasteiger partial charge in [-0.15, -0.1) is 0 Å². The van der Waals surface area contributed by atoms with E-state index >= 15 is 0 Å².